The lowest BCUT2D eigenvalue weighted by Gasteiger charge is -2.16. The van der Waals surface area contributed by atoms with Crippen molar-refractivity contribution in [2.75, 3.05) is 0 Å². The number of carbonyl (C=O) groups excluding carboxylic acids is 1. The normalized spacial score (nSPS) is 10.6. The summed E-state index contributed by atoms with van der Waals surface area (Å²) in [5.74, 6) is -0.723. The Bertz CT molecular complexity index is 465. The van der Waals surface area contributed by atoms with E-state index >= 15 is 0 Å². The van der Waals surface area contributed by atoms with Crippen molar-refractivity contribution >= 4 is 11.9 Å². The molecule has 1 amide bonds. The van der Waals surface area contributed by atoms with E-state index in [9.17, 15) is 9.59 Å². The number of carbonyl (C=O) groups is 2. The van der Waals surface area contributed by atoms with E-state index in [1.807, 2.05) is 18.2 Å². The number of hydrogen-bond acceptors (Lipinski definition) is 2. The van der Waals surface area contributed by atoms with Gasteiger partial charge in [0.2, 0.25) is 5.91 Å². The monoisotopic (exact) mass is 291 g/mol. The van der Waals surface area contributed by atoms with E-state index in [1.165, 1.54) is 0 Å². The molecule has 1 aromatic rings. The minimum atomic E-state index is -0.858. The van der Waals surface area contributed by atoms with Gasteiger partial charge in [-0.25, -0.2) is 0 Å². The van der Waals surface area contributed by atoms with Crippen LogP contribution >= 0.6 is 0 Å². The van der Waals surface area contributed by atoms with E-state index in [0.717, 1.165) is 36.8 Å². The molecule has 0 aliphatic carbocycles. The van der Waals surface area contributed by atoms with Crippen molar-refractivity contribution in [2.45, 2.75) is 52.5 Å². The third kappa shape index (κ3) is 5.98. The summed E-state index contributed by atoms with van der Waals surface area (Å²) in [7, 11) is 0. The fraction of sp³-hybridized carbons (Fsp3) is 0.529. The zero-order chi connectivity index (χ0) is 15.7. The molecule has 1 rings (SSSR count). The van der Waals surface area contributed by atoms with Crippen molar-refractivity contribution in [3.8, 4) is 0 Å². The summed E-state index contributed by atoms with van der Waals surface area (Å²) in [5, 5.41) is 11.9. The van der Waals surface area contributed by atoms with Gasteiger partial charge in [-0.05, 0) is 24.0 Å². The van der Waals surface area contributed by atoms with Crippen LogP contribution in [0.3, 0.4) is 0 Å². The van der Waals surface area contributed by atoms with E-state index in [1.54, 1.807) is 6.07 Å². The first-order valence-corrected chi connectivity index (χ1v) is 7.64. The van der Waals surface area contributed by atoms with Gasteiger partial charge in [-0.1, -0.05) is 51.0 Å². The van der Waals surface area contributed by atoms with Gasteiger partial charge in [0.05, 0.1) is 6.42 Å². The molecule has 0 aromatic heterocycles. The Kier molecular flexibility index (Phi) is 7.51. The molecule has 0 bridgehead atoms. The second kappa shape index (κ2) is 9.16. The molecule has 0 heterocycles. The predicted octanol–water partition coefficient (Wildman–Crippen LogP) is 3.15. The molecule has 4 nitrogen and oxygen atoms in total. The second-order valence-corrected chi connectivity index (χ2v) is 5.33. The first-order chi connectivity index (χ1) is 10.1. The minimum absolute atomic E-state index is 0.0145. The van der Waals surface area contributed by atoms with Crippen LogP contribution in [0.2, 0.25) is 0 Å². The van der Waals surface area contributed by atoms with Crippen molar-refractivity contribution in [1.29, 1.82) is 0 Å². The average molecular weight is 291 g/mol. The molecular formula is C17H25NO3. The Morgan fingerprint density at radius 3 is 2.19 bits per heavy atom. The van der Waals surface area contributed by atoms with Gasteiger partial charge in [-0.2, -0.15) is 0 Å². The summed E-state index contributed by atoms with van der Waals surface area (Å²) in [6.45, 7) is 4.56. The molecule has 1 aromatic carbocycles. The fourth-order valence-electron chi connectivity index (χ4n) is 2.50. The number of carboxylic acids is 1. The van der Waals surface area contributed by atoms with Gasteiger partial charge < -0.3 is 10.4 Å². The van der Waals surface area contributed by atoms with Crippen LogP contribution < -0.4 is 5.32 Å². The highest BCUT2D eigenvalue weighted by molar-refractivity contribution is 5.78. The number of carboxylic acid groups (broad SMARTS) is 1. The van der Waals surface area contributed by atoms with Crippen LogP contribution in [0.4, 0.5) is 0 Å². The maximum Gasteiger partial charge on any atom is 0.307 e. The molecule has 0 aliphatic rings. The van der Waals surface area contributed by atoms with E-state index in [4.69, 9.17) is 5.11 Å². The smallest absolute Gasteiger partial charge is 0.307 e. The highest BCUT2D eigenvalue weighted by Crippen LogP contribution is 2.15. The Balaban J connectivity index is 2.65. The quantitative estimate of drug-likeness (QED) is 0.734. The number of amides is 1. The lowest BCUT2D eigenvalue weighted by Crippen LogP contribution is -2.30. The topological polar surface area (TPSA) is 66.4 Å². The van der Waals surface area contributed by atoms with Crippen LogP contribution in [0.25, 0.3) is 0 Å². The predicted molar refractivity (Wildman–Crippen MR) is 82.9 cm³/mol. The zero-order valence-corrected chi connectivity index (χ0v) is 12.9. The Labute approximate surface area is 126 Å². The highest BCUT2D eigenvalue weighted by atomic mass is 16.4. The number of benzene rings is 1. The van der Waals surface area contributed by atoms with Crippen molar-refractivity contribution in [3.63, 3.8) is 0 Å². The van der Waals surface area contributed by atoms with E-state index < -0.39 is 5.97 Å². The molecule has 4 heteroatoms. The standard InChI is InChI=1S/C17H25NO3/c1-3-7-13(8-4-2)17(21)18-12-15-10-6-5-9-14(15)11-16(19)20/h5-6,9-10,13H,3-4,7-8,11-12H2,1-2H3,(H,18,21)(H,19,20). The lowest BCUT2D eigenvalue weighted by atomic mass is 9.97. The Morgan fingerprint density at radius 1 is 1.10 bits per heavy atom. The summed E-state index contributed by atoms with van der Waals surface area (Å²) in [6.07, 6.45) is 3.77. The Hall–Kier alpha value is -1.84. The van der Waals surface area contributed by atoms with Crippen LogP contribution in [0.1, 0.15) is 50.7 Å². The molecule has 2 N–H and O–H groups in total. The van der Waals surface area contributed by atoms with Gasteiger partial charge in [-0.3, -0.25) is 9.59 Å². The van der Waals surface area contributed by atoms with Gasteiger partial charge in [0.15, 0.2) is 0 Å². The second-order valence-electron chi connectivity index (χ2n) is 5.33. The van der Waals surface area contributed by atoms with Crippen LogP contribution in [-0.2, 0) is 22.6 Å². The molecule has 0 aliphatic heterocycles. The van der Waals surface area contributed by atoms with Crippen molar-refractivity contribution < 1.29 is 14.7 Å². The largest absolute Gasteiger partial charge is 0.481 e. The number of rotatable bonds is 9. The first-order valence-electron chi connectivity index (χ1n) is 7.64. The maximum absolute atomic E-state index is 12.2. The van der Waals surface area contributed by atoms with Gasteiger partial charge in [0.1, 0.15) is 0 Å². The molecule has 0 atom stereocenters. The van der Waals surface area contributed by atoms with Crippen LogP contribution in [0, 0.1) is 5.92 Å². The first kappa shape index (κ1) is 17.2. The van der Waals surface area contributed by atoms with Gasteiger partial charge in [0, 0.05) is 12.5 Å². The van der Waals surface area contributed by atoms with E-state index in [-0.39, 0.29) is 18.2 Å². The fourth-order valence-corrected chi connectivity index (χ4v) is 2.50. The molecule has 0 saturated carbocycles. The lowest BCUT2D eigenvalue weighted by molar-refractivity contribution is -0.136. The molecule has 0 radical (unpaired) electrons. The zero-order valence-electron chi connectivity index (χ0n) is 12.9. The highest BCUT2D eigenvalue weighted by Gasteiger charge is 2.16. The van der Waals surface area contributed by atoms with Crippen LogP contribution in [0.15, 0.2) is 24.3 Å². The maximum atomic E-state index is 12.2. The number of nitrogens with one attached hydrogen (secondary N) is 1. The molecular weight excluding hydrogens is 266 g/mol. The number of aliphatic carboxylic acids is 1. The SMILES string of the molecule is CCCC(CCC)C(=O)NCc1ccccc1CC(=O)O. The minimum Gasteiger partial charge on any atom is -0.481 e. The van der Waals surface area contributed by atoms with Crippen molar-refractivity contribution in [2.24, 2.45) is 5.92 Å². The summed E-state index contributed by atoms with van der Waals surface area (Å²) >= 11 is 0. The molecule has 21 heavy (non-hydrogen) atoms. The third-order valence-corrected chi connectivity index (χ3v) is 3.56. The molecule has 0 spiro atoms. The van der Waals surface area contributed by atoms with E-state index in [2.05, 4.69) is 19.2 Å². The van der Waals surface area contributed by atoms with Gasteiger partial charge in [0.25, 0.3) is 0 Å². The molecule has 116 valence electrons. The van der Waals surface area contributed by atoms with Gasteiger partial charge in [-0.15, -0.1) is 0 Å². The number of hydrogen-bond donors (Lipinski definition) is 2. The third-order valence-electron chi connectivity index (χ3n) is 3.56. The summed E-state index contributed by atoms with van der Waals surface area (Å²) in [5.41, 5.74) is 1.63. The molecule has 0 fully saturated rings. The summed E-state index contributed by atoms with van der Waals surface area (Å²) in [4.78, 5) is 23.1. The summed E-state index contributed by atoms with van der Waals surface area (Å²) < 4.78 is 0. The van der Waals surface area contributed by atoms with Crippen LogP contribution in [-0.4, -0.2) is 17.0 Å². The molecule has 0 saturated heterocycles. The van der Waals surface area contributed by atoms with Crippen molar-refractivity contribution in [1.82, 2.24) is 5.32 Å². The summed E-state index contributed by atoms with van der Waals surface area (Å²) in [6, 6.07) is 7.35. The van der Waals surface area contributed by atoms with E-state index in [0.29, 0.717) is 6.54 Å². The average Bonchev–Trinajstić information content (AvgIpc) is 2.45. The van der Waals surface area contributed by atoms with Crippen molar-refractivity contribution in [3.05, 3.63) is 35.4 Å². The van der Waals surface area contributed by atoms with Crippen LogP contribution in [0.5, 0.6) is 0 Å². The van der Waals surface area contributed by atoms with Gasteiger partial charge >= 0.3 is 5.97 Å². The Morgan fingerprint density at radius 2 is 1.67 bits per heavy atom. The molecule has 0 unspecified atom stereocenters.